The van der Waals surface area contributed by atoms with Gasteiger partial charge in [-0.05, 0) is 79.2 Å². The van der Waals surface area contributed by atoms with Crippen molar-refractivity contribution in [2.75, 3.05) is 11.9 Å². The van der Waals surface area contributed by atoms with Crippen LogP contribution in [0, 0.1) is 10.1 Å². The van der Waals surface area contributed by atoms with Gasteiger partial charge >= 0.3 is 5.97 Å². The van der Waals surface area contributed by atoms with Gasteiger partial charge in [0.1, 0.15) is 5.70 Å². The molecule has 0 saturated heterocycles. The van der Waals surface area contributed by atoms with Crippen LogP contribution in [0.3, 0.4) is 0 Å². The molecule has 0 aliphatic rings. The zero-order valence-electron chi connectivity index (χ0n) is 18.5. The molecule has 0 radical (unpaired) electrons. The first-order valence-corrected chi connectivity index (χ1v) is 11.2. The lowest BCUT2D eigenvalue weighted by atomic mass is 10.1. The number of halogens is 1. The first-order chi connectivity index (χ1) is 16.8. The van der Waals surface area contributed by atoms with E-state index in [1.54, 1.807) is 31.2 Å². The number of nitrogens with one attached hydrogen (secondary N) is 2. The maximum Gasteiger partial charge on any atom is 0.338 e. The zero-order chi connectivity index (χ0) is 25.4. The van der Waals surface area contributed by atoms with Crippen LogP contribution in [-0.4, -0.2) is 29.3 Å². The van der Waals surface area contributed by atoms with Gasteiger partial charge in [0, 0.05) is 27.9 Å². The van der Waals surface area contributed by atoms with Gasteiger partial charge in [-0.1, -0.05) is 15.9 Å². The SMILES string of the molecule is CCOC(=O)c1ccc(NC(=O)/C(=C/c2ccc([N+](=O)[O-])cc2)NC(=O)c2ccc(Br)cc2)cc1. The highest BCUT2D eigenvalue weighted by Crippen LogP contribution is 2.17. The Kier molecular flexibility index (Phi) is 8.47. The van der Waals surface area contributed by atoms with E-state index in [2.05, 4.69) is 26.6 Å². The van der Waals surface area contributed by atoms with Crippen molar-refractivity contribution >= 4 is 51.2 Å². The van der Waals surface area contributed by atoms with Gasteiger partial charge in [-0.25, -0.2) is 4.79 Å². The molecular formula is C25H20BrN3O6. The van der Waals surface area contributed by atoms with Crippen LogP contribution in [0.25, 0.3) is 6.08 Å². The number of non-ortho nitro benzene ring substituents is 1. The van der Waals surface area contributed by atoms with Gasteiger partial charge < -0.3 is 15.4 Å². The number of esters is 1. The van der Waals surface area contributed by atoms with Crippen LogP contribution in [0.1, 0.15) is 33.2 Å². The van der Waals surface area contributed by atoms with Gasteiger partial charge in [0.15, 0.2) is 0 Å². The highest BCUT2D eigenvalue weighted by molar-refractivity contribution is 9.10. The van der Waals surface area contributed by atoms with Crippen LogP contribution in [-0.2, 0) is 9.53 Å². The lowest BCUT2D eigenvalue weighted by Gasteiger charge is -2.12. The van der Waals surface area contributed by atoms with E-state index in [1.165, 1.54) is 54.6 Å². The molecule has 3 aromatic rings. The lowest BCUT2D eigenvalue weighted by molar-refractivity contribution is -0.384. The fourth-order valence-corrected chi connectivity index (χ4v) is 3.18. The van der Waals surface area contributed by atoms with Crippen molar-refractivity contribution in [1.82, 2.24) is 5.32 Å². The number of nitro groups is 1. The predicted molar refractivity (Wildman–Crippen MR) is 134 cm³/mol. The summed E-state index contributed by atoms with van der Waals surface area (Å²) in [6, 6.07) is 18.2. The van der Waals surface area contributed by atoms with E-state index in [9.17, 15) is 24.5 Å². The molecule has 9 nitrogen and oxygen atoms in total. The Bertz CT molecular complexity index is 1270. The Hall–Kier alpha value is -4.31. The van der Waals surface area contributed by atoms with Gasteiger partial charge in [-0.3, -0.25) is 19.7 Å². The standard InChI is InChI=1S/C25H20BrN3O6/c1-2-35-25(32)18-7-11-20(12-8-18)27-24(31)22(15-16-3-13-21(14-4-16)29(33)34)28-23(30)17-5-9-19(26)10-6-17/h3-15H,2H2,1H3,(H,27,31)(H,28,30)/b22-15-. The van der Waals surface area contributed by atoms with E-state index in [0.29, 0.717) is 22.4 Å². The van der Waals surface area contributed by atoms with Gasteiger partial charge in [0.25, 0.3) is 17.5 Å². The molecule has 0 heterocycles. The predicted octanol–water partition coefficient (Wildman–Crippen LogP) is 4.94. The molecule has 2 amide bonds. The van der Waals surface area contributed by atoms with E-state index < -0.39 is 22.7 Å². The fourth-order valence-electron chi connectivity index (χ4n) is 2.92. The largest absolute Gasteiger partial charge is 0.462 e. The topological polar surface area (TPSA) is 128 Å². The first-order valence-electron chi connectivity index (χ1n) is 10.4. The summed E-state index contributed by atoms with van der Waals surface area (Å²) < 4.78 is 5.73. The summed E-state index contributed by atoms with van der Waals surface area (Å²) in [5.74, 6) is -1.62. The quantitative estimate of drug-likeness (QED) is 0.181. The summed E-state index contributed by atoms with van der Waals surface area (Å²) in [6.07, 6.45) is 1.41. The highest BCUT2D eigenvalue weighted by Gasteiger charge is 2.16. The number of benzene rings is 3. The minimum absolute atomic E-state index is 0.0822. The highest BCUT2D eigenvalue weighted by atomic mass is 79.9. The summed E-state index contributed by atoms with van der Waals surface area (Å²) >= 11 is 3.30. The third kappa shape index (κ3) is 7.08. The first kappa shape index (κ1) is 25.3. The van der Waals surface area contributed by atoms with Gasteiger partial charge in [0.05, 0.1) is 17.1 Å². The number of nitro benzene ring substituents is 1. The van der Waals surface area contributed by atoms with Crippen molar-refractivity contribution in [3.05, 3.63) is 110 Å². The third-order valence-electron chi connectivity index (χ3n) is 4.67. The smallest absolute Gasteiger partial charge is 0.338 e. The number of hydrogen-bond donors (Lipinski definition) is 2. The van der Waals surface area contributed by atoms with Crippen LogP contribution in [0.2, 0.25) is 0 Å². The normalized spacial score (nSPS) is 10.9. The number of ether oxygens (including phenoxy) is 1. The summed E-state index contributed by atoms with van der Waals surface area (Å²) in [5, 5.41) is 16.2. The molecule has 0 fully saturated rings. The van der Waals surface area contributed by atoms with Crippen LogP contribution < -0.4 is 10.6 Å². The number of rotatable bonds is 8. The average molecular weight is 538 g/mol. The Balaban J connectivity index is 1.85. The minimum atomic E-state index is -0.627. The number of amides is 2. The molecule has 0 saturated carbocycles. The Morgan fingerprint density at radius 1 is 0.943 bits per heavy atom. The molecule has 0 unspecified atom stereocenters. The molecule has 2 N–H and O–H groups in total. The minimum Gasteiger partial charge on any atom is -0.462 e. The van der Waals surface area contributed by atoms with Crippen LogP contribution in [0.15, 0.2) is 83.0 Å². The average Bonchev–Trinajstić information content (AvgIpc) is 2.85. The molecule has 0 aromatic heterocycles. The molecule has 0 bridgehead atoms. The molecule has 178 valence electrons. The lowest BCUT2D eigenvalue weighted by Crippen LogP contribution is -2.30. The number of anilines is 1. The molecule has 3 aromatic carbocycles. The van der Waals surface area contributed by atoms with Crippen molar-refractivity contribution in [2.24, 2.45) is 0 Å². The molecule has 0 atom stereocenters. The Labute approximate surface area is 209 Å². The van der Waals surface area contributed by atoms with Crippen LogP contribution in [0.5, 0.6) is 0 Å². The number of nitrogens with zero attached hydrogens (tertiary/aromatic N) is 1. The molecule has 10 heteroatoms. The fraction of sp³-hybridized carbons (Fsp3) is 0.0800. The third-order valence-corrected chi connectivity index (χ3v) is 5.20. The summed E-state index contributed by atoms with van der Waals surface area (Å²) in [6.45, 7) is 1.94. The van der Waals surface area contributed by atoms with Crippen molar-refractivity contribution in [3.8, 4) is 0 Å². The number of hydrogen-bond acceptors (Lipinski definition) is 6. The molecule has 0 aliphatic carbocycles. The second-order valence-electron chi connectivity index (χ2n) is 7.12. The number of carbonyl (C=O) groups excluding carboxylic acids is 3. The maximum atomic E-state index is 13.0. The van der Waals surface area contributed by atoms with E-state index >= 15 is 0 Å². The van der Waals surface area contributed by atoms with Crippen molar-refractivity contribution in [1.29, 1.82) is 0 Å². The number of carbonyl (C=O) groups is 3. The molecular weight excluding hydrogens is 518 g/mol. The van der Waals surface area contributed by atoms with E-state index in [4.69, 9.17) is 4.74 Å². The van der Waals surface area contributed by atoms with Crippen molar-refractivity contribution < 1.29 is 24.0 Å². The molecule has 0 aliphatic heterocycles. The summed E-state index contributed by atoms with van der Waals surface area (Å²) in [4.78, 5) is 48.0. The van der Waals surface area contributed by atoms with Crippen LogP contribution in [0.4, 0.5) is 11.4 Å². The second kappa shape index (κ2) is 11.7. The maximum absolute atomic E-state index is 13.0. The van der Waals surface area contributed by atoms with Gasteiger partial charge in [-0.2, -0.15) is 0 Å². The van der Waals surface area contributed by atoms with Gasteiger partial charge in [0.2, 0.25) is 0 Å². The Morgan fingerprint density at radius 2 is 1.54 bits per heavy atom. The summed E-state index contributed by atoms with van der Waals surface area (Å²) in [5.41, 5.74) is 1.32. The zero-order valence-corrected chi connectivity index (χ0v) is 20.1. The molecule has 3 rings (SSSR count). The van der Waals surface area contributed by atoms with E-state index in [1.807, 2.05) is 0 Å². The molecule has 0 spiro atoms. The van der Waals surface area contributed by atoms with E-state index in [0.717, 1.165) is 4.47 Å². The van der Waals surface area contributed by atoms with E-state index in [-0.39, 0.29) is 18.0 Å². The second-order valence-corrected chi connectivity index (χ2v) is 8.04. The Morgan fingerprint density at radius 3 is 2.11 bits per heavy atom. The monoisotopic (exact) mass is 537 g/mol. The van der Waals surface area contributed by atoms with Crippen molar-refractivity contribution in [2.45, 2.75) is 6.92 Å². The van der Waals surface area contributed by atoms with Crippen molar-refractivity contribution in [3.63, 3.8) is 0 Å². The molecule has 35 heavy (non-hydrogen) atoms. The van der Waals surface area contributed by atoms with Gasteiger partial charge in [-0.15, -0.1) is 0 Å². The van der Waals surface area contributed by atoms with Crippen LogP contribution >= 0.6 is 15.9 Å². The summed E-state index contributed by atoms with van der Waals surface area (Å²) in [7, 11) is 0.